The van der Waals surface area contributed by atoms with E-state index in [9.17, 15) is 12.8 Å². The molecule has 3 aromatic rings. The maximum absolute atomic E-state index is 14.6. The minimum absolute atomic E-state index is 0.0103. The molecule has 2 aromatic heterocycles. The zero-order chi connectivity index (χ0) is 24.4. The normalized spacial score (nSPS) is 26.1. The van der Waals surface area contributed by atoms with Crippen LogP contribution in [0.15, 0.2) is 41.7 Å². The van der Waals surface area contributed by atoms with Gasteiger partial charge in [0.05, 0.1) is 21.6 Å². The van der Waals surface area contributed by atoms with Crippen LogP contribution in [-0.4, -0.2) is 52.0 Å². The molecular weight excluding hydrogens is 469 g/mol. The summed E-state index contributed by atoms with van der Waals surface area (Å²) in [7, 11) is -3.48. The molecule has 8 nitrogen and oxygen atoms in total. The highest BCUT2D eigenvalue weighted by atomic mass is 32.2. The number of anilines is 2. The number of nitrogens with zero attached hydrogens (tertiary/aromatic N) is 4. The largest absolute Gasteiger partial charge is 0.337 e. The third-order valence-electron chi connectivity index (χ3n) is 7.90. The topological polar surface area (TPSA) is 89.4 Å². The lowest BCUT2D eigenvalue weighted by Crippen LogP contribution is -2.50. The van der Waals surface area contributed by atoms with Crippen LogP contribution in [0.2, 0.25) is 0 Å². The Kier molecular flexibility index (Phi) is 5.39. The third-order valence-corrected chi connectivity index (χ3v) is 9.01. The number of nitrogens with one attached hydrogen (secondary N) is 1. The van der Waals surface area contributed by atoms with E-state index in [1.165, 1.54) is 24.9 Å². The summed E-state index contributed by atoms with van der Waals surface area (Å²) in [6.45, 7) is 2.23. The van der Waals surface area contributed by atoms with Crippen LogP contribution in [0.3, 0.4) is 0 Å². The highest BCUT2D eigenvalue weighted by Crippen LogP contribution is 2.46. The molecule has 186 valence electrons. The Morgan fingerprint density at radius 2 is 1.86 bits per heavy atom. The van der Waals surface area contributed by atoms with Crippen LogP contribution >= 0.6 is 0 Å². The molecule has 1 N–H and O–H groups in total. The van der Waals surface area contributed by atoms with Crippen molar-refractivity contribution in [1.29, 1.82) is 0 Å². The van der Waals surface area contributed by atoms with Gasteiger partial charge in [-0.15, -0.1) is 0 Å². The van der Waals surface area contributed by atoms with E-state index in [4.69, 9.17) is 4.84 Å². The molecule has 2 saturated heterocycles. The van der Waals surface area contributed by atoms with Crippen molar-refractivity contribution in [2.45, 2.75) is 80.5 Å². The number of benzene rings is 1. The molecule has 1 aromatic carbocycles. The fraction of sp³-hybridized carbons (Fsp3) is 0.520. The van der Waals surface area contributed by atoms with Gasteiger partial charge in [0.15, 0.2) is 9.84 Å². The first kappa shape index (κ1) is 22.9. The highest BCUT2D eigenvalue weighted by Gasteiger charge is 2.46. The maximum Gasteiger partial charge on any atom is 0.175 e. The first-order valence-electron chi connectivity index (χ1n) is 12.3. The van der Waals surface area contributed by atoms with Crippen LogP contribution in [0, 0.1) is 5.82 Å². The number of sulfone groups is 1. The van der Waals surface area contributed by atoms with Crippen LogP contribution in [0.4, 0.5) is 15.9 Å². The predicted octanol–water partition coefficient (Wildman–Crippen LogP) is 4.76. The Labute approximate surface area is 204 Å². The van der Waals surface area contributed by atoms with Crippen molar-refractivity contribution in [3.05, 3.63) is 42.6 Å². The summed E-state index contributed by atoms with van der Waals surface area (Å²) in [6, 6.07) is 6.93. The number of fused-ring (bicyclic) bond motifs is 3. The smallest absolute Gasteiger partial charge is 0.175 e. The van der Waals surface area contributed by atoms with Gasteiger partial charge in [0.2, 0.25) is 0 Å². The summed E-state index contributed by atoms with van der Waals surface area (Å²) in [6.07, 6.45) is 12.4. The first-order valence-corrected chi connectivity index (χ1v) is 14.1. The van der Waals surface area contributed by atoms with E-state index in [1.54, 1.807) is 0 Å². The Bertz CT molecular complexity index is 1370. The van der Waals surface area contributed by atoms with Crippen LogP contribution in [-0.2, 0) is 14.7 Å². The SMILES string of the molecule is CC1(ON2[C@H]3CC[C@H]2CC(n2ccc4c(Nc5ccc(S(C)(=O)=O)cc5F)ncnc42)C3)CCC1. The number of hydrogen-bond donors (Lipinski definition) is 1. The monoisotopic (exact) mass is 499 g/mol. The second-order valence-electron chi connectivity index (χ2n) is 10.5. The number of halogens is 1. The van der Waals surface area contributed by atoms with Gasteiger partial charge in [0.25, 0.3) is 0 Å². The van der Waals surface area contributed by atoms with Crippen molar-refractivity contribution in [3.63, 3.8) is 0 Å². The molecular formula is C25H30FN5O3S. The van der Waals surface area contributed by atoms with Gasteiger partial charge in [-0.2, -0.15) is 5.06 Å². The molecule has 0 amide bonds. The van der Waals surface area contributed by atoms with Crippen LogP contribution in [0.5, 0.6) is 0 Å². The third kappa shape index (κ3) is 4.11. The van der Waals surface area contributed by atoms with Crippen LogP contribution in [0.25, 0.3) is 11.0 Å². The van der Waals surface area contributed by atoms with Crippen LogP contribution in [0.1, 0.15) is 57.9 Å². The van der Waals surface area contributed by atoms with Crippen molar-refractivity contribution < 1.29 is 17.6 Å². The van der Waals surface area contributed by atoms with Gasteiger partial charge in [0.1, 0.15) is 23.6 Å². The van der Waals surface area contributed by atoms with Crippen LogP contribution < -0.4 is 5.32 Å². The van der Waals surface area contributed by atoms with Gasteiger partial charge in [-0.1, -0.05) is 0 Å². The predicted molar refractivity (Wildman–Crippen MR) is 131 cm³/mol. The fourth-order valence-corrected chi connectivity index (χ4v) is 6.46. The van der Waals surface area contributed by atoms with Gasteiger partial charge < -0.3 is 9.88 Å². The average molecular weight is 500 g/mol. The van der Waals surface area contributed by atoms with Gasteiger partial charge in [-0.3, -0.25) is 4.84 Å². The highest BCUT2D eigenvalue weighted by molar-refractivity contribution is 7.90. The summed E-state index contributed by atoms with van der Waals surface area (Å²) < 4.78 is 40.3. The summed E-state index contributed by atoms with van der Waals surface area (Å²) in [4.78, 5) is 15.3. The number of piperidine rings is 1. The quantitative estimate of drug-likeness (QED) is 0.523. The van der Waals surface area contributed by atoms with Crippen molar-refractivity contribution in [3.8, 4) is 0 Å². The fourth-order valence-electron chi connectivity index (χ4n) is 5.82. The molecule has 4 heterocycles. The number of aromatic nitrogens is 3. The number of hydroxylamine groups is 2. The van der Waals surface area contributed by atoms with Crippen molar-refractivity contribution in [2.75, 3.05) is 11.6 Å². The molecule has 3 aliphatic rings. The van der Waals surface area contributed by atoms with Gasteiger partial charge in [-0.25, -0.2) is 22.8 Å². The average Bonchev–Trinajstić information content (AvgIpc) is 3.31. The number of rotatable bonds is 6. The molecule has 6 rings (SSSR count). The maximum atomic E-state index is 14.6. The van der Waals surface area contributed by atoms with Gasteiger partial charge >= 0.3 is 0 Å². The van der Waals surface area contributed by atoms with Gasteiger partial charge in [0, 0.05) is 30.6 Å². The molecule has 1 saturated carbocycles. The molecule has 10 heteroatoms. The van der Waals surface area contributed by atoms with E-state index < -0.39 is 15.7 Å². The molecule has 0 spiro atoms. The minimum Gasteiger partial charge on any atom is -0.337 e. The van der Waals surface area contributed by atoms with Crippen molar-refractivity contribution in [1.82, 2.24) is 19.6 Å². The molecule has 35 heavy (non-hydrogen) atoms. The molecule has 2 bridgehead atoms. The van der Waals surface area contributed by atoms with E-state index >= 15 is 0 Å². The van der Waals surface area contributed by atoms with E-state index in [1.807, 2.05) is 12.3 Å². The summed E-state index contributed by atoms with van der Waals surface area (Å²) in [5, 5.41) is 6.12. The molecule has 2 atom stereocenters. The lowest BCUT2D eigenvalue weighted by Gasteiger charge is -2.47. The Morgan fingerprint density at radius 3 is 2.49 bits per heavy atom. The Balaban J connectivity index is 1.24. The standard InChI is InChI=1S/C25H30FN5O3S/c1-25(9-3-10-25)34-31-16-4-5-17(31)13-18(12-16)30-11-8-20-23(27-15-28-24(20)30)29-22-7-6-19(14-21(22)26)35(2,32)33/h6-8,11,14-18H,3-5,9-10,12-13H2,1-2H3,(H,27,28,29)/t16-,17-/m0/s1. The molecule has 0 unspecified atom stereocenters. The van der Waals surface area contributed by atoms with Crippen molar-refractivity contribution in [2.24, 2.45) is 0 Å². The summed E-state index contributed by atoms with van der Waals surface area (Å²) in [5.41, 5.74) is 0.981. The zero-order valence-corrected chi connectivity index (χ0v) is 20.8. The van der Waals surface area contributed by atoms with E-state index in [-0.39, 0.29) is 16.2 Å². The minimum atomic E-state index is -3.48. The Hall–Kier alpha value is -2.56. The molecule has 0 radical (unpaired) electrons. The van der Waals surface area contributed by atoms with Crippen molar-refractivity contribution >= 4 is 32.4 Å². The van der Waals surface area contributed by atoms with E-state index in [0.29, 0.717) is 23.9 Å². The van der Waals surface area contributed by atoms with Gasteiger partial charge in [-0.05, 0) is 76.1 Å². The molecule has 1 aliphatic carbocycles. The lowest BCUT2D eigenvalue weighted by molar-refractivity contribution is -0.297. The zero-order valence-electron chi connectivity index (χ0n) is 19.9. The lowest BCUT2D eigenvalue weighted by atomic mass is 9.82. The Morgan fingerprint density at radius 1 is 1.11 bits per heavy atom. The summed E-state index contributed by atoms with van der Waals surface area (Å²) >= 11 is 0. The second kappa shape index (κ2) is 8.25. The first-order chi connectivity index (χ1) is 16.7. The number of hydrogen-bond acceptors (Lipinski definition) is 7. The molecule has 3 fully saturated rings. The van der Waals surface area contributed by atoms with E-state index in [0.717, 1.165) is 61.9 Å². The second-order valence-corrected chi connectivity index (χ2v) is 12.5. The summed E-state index contributed by atoms with van der Waals surface area (Å²) in [5.74, 6) is -0.162. The van der Waals surface area contributed by atoms with E-state index in [2.05, 4.69) is 31.8 Å². The molecule has 2 aliphatic heterocycles.